The molecule has 30 heavy (non-hydrogen) atoms. The Labute approximate surface area is 176 Å². The number of H-pyrrole nitrogens is 1. The fourth-order valence-electron chi connectivity index (χ4n) is 4.85. The first-order chi connectivity index (χ1) is 14.6. The van der Waals surface area contributed by atoms with E-state index >= 15 is 0 Å². The lowest BCUT2D eigenvalue weighted by molar-refractivity contribution is -0.136. The highest BCUT2D eigenvalue weighted by atomic mass is 16.5. The molecule has 1 aromatic carbocycles. The Hall–Kier alpha value is -2.70. The van der Waals surface area contributed by atoms with Gasteiger partial charge in [-0.15, -0.1) is 0 Å². The number of benzene rings is 1. The van der Waals surface area contributed by atoms with Crippen LogP contribution in [0.1, 0.15) is 41.1 Å². The zero-order valence-electron chi connectivity index (χ0n) is 17.6. The third-order valence-corrected chi connectivity index (χ3v) is 6.50. The van der Waals surface area contributed by atoms with E-state index in [4.69, 9.17) is 4.74 Å². The lowest BCUT2D eigenvalue weighted by Crippen LogP contribution is -2.38. The molecule has 0 saturated carbocycles. The maximum atomic E-state index is 12.4. The quantitative estimate of drug-likeness (QED) is 0.698. The SMILES string of the molecule is COCC(=O)N1CCc2cc(-c3cnc4[nH]cc(C)c4c3)cc([C@@H]3CCCN3)c2C1. The molecule has 0 aliphatic carbocycles. The molecule has 3 aromatic rings. The van der Waals surface area contributed by atoms with Gasteiger partial charge < -0.3 is 19.9 Å². The van der Waals surface area contributed by atoms with Crippen molar-refractivity contribution in [3.05, 3.63) is 52.8 Å². The first kappa shape index (κ1) is 19.3. The summed E-state index contributed by atoms with van der Waals surface area (Å²) < 4.78 is 5.08. The molecule has 1 atom stereocenters. The first-order valence-electron chi connectivity index (χ1n) is 10.7. The molecule has 2 aliphatic heterocycles. The van der Waals surface area contributed by atoms with Crippen LogP contribution in [-0.4, -0.2) is 47.6 Å². The fourth-order valence-corrected chi connectivity index (χ4v) is 4.85. The number of pyridine rings is 1. The lowest BCUT2D eigenvalue weighted by atomic mass is 9.87. The number of aromatic amines is 1. The predicted octanol–water partition coefficient (Wildman–Crippen LogP) is 3.49. The lowest BCUT2D eigenvalue weighted by Gasteiger charge is -2.32. The van der Waals surface area contributed by atoms with Crippen LogP contribution in [0.15, 0.2) is 30.6 Å². The molecule has 0 spiro atoms. The van der Waals surface area contributed by atoms with Gasteiger partial charge in [0.1, 0.15) is 12.3 Å². The number of hydrogen-bond donors (Lipinski definition) is 2. The molecule has 2 N–H and O–H groups in total. The van der Waals surface area contributed by atoms with Crippen LogP contribution in [0.5, 0.6) is 0 Å². The van der Waals surface area contributed by atoms with Crippen LogP contribution in [0.3, 0.4) is 0 Å². The van der Waals surface area contributed by atoms with Crippen LogP contribution in [0.4, 0.5) is 0 Å². The summed E-state index contributed by atoms with van der Waals surface area (Å²) in [6.07, 6.45) is 7.16. The predicted molar refractivity (Wildman–Crippen MR) is 117 cm³/mol. The van der Waals surface area contributed by atoms with Gasteiger partial charge in [0, 0.05) is 49.6 Å². The number of aromatic nitrogens is 2. The first-order valence-corrected chi connectivity index (χ1v) is 10.7. The van der Waals surface area contributed by atoms with Crippen LogP contribution >= 0.6 is 0 Å². The fraction of sp³-hybridized carbons (Fsp3) is 0.417. The number of aryl methyl sites for hydroxylation is 1. The molecule has 1 amide bonds. The number of nitrogens with one attached hydrogen (secondary N) is 2. The van der Waals surface area contributed by atoms with Gasteiger partial charge in [-0.25, -0.2) is 4.98 Å². The number of ether oxygens (including phenoxy) is 1. The average molecular weight is 405 g/mol. The maximum Gasteiger partial charge on any atom is 0.248 e. The van der Waals surface area contributed by atoms with Crippen molar-refractivity contribution in [2.75, 3.05) is 26.8 Å². The molecule has 1 fully saturated rings. The maximum absolute atomic E-state index is 12.4. The van der Waals surface area contributed by atoms with Crippen LogP contribution in [0.2, 0.25) is 0 Å². The largest absolute Gasteiger partial charge is 0.375 e. The molecule has 2 aliphatic rings. The second kappa shape index (κ2) is 7.85. The highest BCUT2D eigenvalue weighted by molar-refractivity contribution is 5.85. The molecule has 156 valence electrons. The average Bonchev–Trinajstić information content (AvgIpc) is 3.43. The van der Waals surface area contributed by atoms with Crippen molar-refractivity contribution in [2.24, 2.45) is 0 Å². The number of nitrogens with zero attached hydrogens (tertiary/aromatic N) is 2. The normalized spacial score (nSPS) is 18.7. The van der Waals surface area contributed by atoms with Gasteiger partial charge in [-0.05, 0) is 72.7 Å². The Morgan fingerprint density at radius 3 is 3.00 bits per heavy atom. The van der Waals surface area contributed by atoms with E-state index < -0.39 is 0 Å². The van der Waals surface area contributed by atoms with Crippen molar-refractivity contribution in [3.8, 4) is 11.1 Å². The molecular formula is C24H28N4O2. The number of rotatable bonds is 4. The molecule has 0 bridgehead atoms. The second-order valence-corrected chi connectivity index (χ2v) is 8.44. The minimum atomic E-state index is 0.0649. The summed E-state index contributed by atoms with van der Waals surface area (Å²) in [6.45, 7) is 4.71. The summed E-state index contributed by atoms with van der Waals surface area (Å²) in [5.41, 5.74) is 8.49. The summed E-state index contributed by atoms with van der Waals surface area (Å²) >= 11 is 0. The smallest absolute Gasteiger partial charge is 0.248 e. The minimum absolute atomic E-state index is 0.0649. The van der Waals surface area contributed by atoms with Crippen molar-refractivity contribution in [3.63, 3.8) is 0 Å². The number of carbonyl (C=O) groups is 1. The minimum Gasteiger partial charge on any atom is -0.375 e. The van der Waals surface area contributed by atoms with E-state index in [0.29, 0.717) is 12.6 Å². The summed E-state index contributed by atoms with van der Waals surface area (Å²) in [5.74, 6) is 0.0649. The summed E-state index contributed by atoms with van der Waals surface area (Å²) in [4.78, 5) is 22.2. The van der Waals surface area contributed by atoms with E-state index in [1.165, 1.54) is 39.6 Å². The summed E-state index contributed by atoms with van der Waals surface area (Å²) in [5, 5.41) is 4.83. The highest BCUT2D eigenvalue weighted by Gasteiger charge is 2.27. The van der Waals surface area contributed by atoms with Gasteiger partial charge in [0.05, 0.1) is 0 Å². The Balaban J connectivity index is 1.58. The zero-order chi connectivity index (χ0) is 20.7. The number of methoxy groups -OCH3 is 1. The monoisotopic (exact) mass is 404 g/mol. The third kappa shape index (κ3) is 3.40. The Bertz CT molecular complexity index is 1100. The Morgan fingerprint density at radius 2 is 2.20 bits per heavy atom. The molecule has 2 aromatic heterocycles. The van der Waals surface area contributed by atoms with Gasteiger partial charge in [0.25, 0.3) is 0 Å². The van der Waals surface area contributed by atoms with Gasteiger partial charge >= 0.3 is 0 Å². The number of hydrogen-bond acceptors (Lipinski definition) is 4. The van der Waals surface area contributed by atoms with Gasteiger partial charge in [-0.3, -0.25) is 4.79 Å². The van der Waals surface area contributed by atoms with E-state index in [0.717, 1.165) is 37.1 Å². The van der Waals surface area contributed by atoms with Crippen LogP contribution < -0.4 is 5.32 Å². The molecule has 6 nitrogen and oxygen atoms in total. The standard InChI is InChI=1S/C24H28N4O2/c1-15-11-26-24-19(15)10-18(12-27-24)17-8-16-5-7-28(23(29)14-30-2)13-21(16)20(9-17)22-4-3-6-25-22/h8-12,22,25H,3-7,13-14H2,1-2H3,(H,26,27)/t22-/m0/s1. The van der Waals surface area contributed by atoms with E-state index in [9.17, 15) is 4.79 Å². The van der Waals surface area contributed by atoms with Crippen molar-refractivity contribution >= 4 is 16.9 Å². The molecular weight excluding hydrogens is 376 g/mol. The van der Waals surface area contributed by atoms with Gasteiger partial charge in [-0.1, -0.05) is 6.07 Å². The van der Waals surface area contributed by atoms with Gasteiger partial charge in [0.2, 0.25) is 5.91 Å². The molecule has 0 unspecified atom stereocenters. The van der Waals surface area contributed by atoms with E-state index in [2.05, 4.69) is 40.4 Å². The van der Waals surface area contributed by atoms with Crippen molar-refractivity contribution < 1.29 is 9.53 Å². The Morgan fingerprint density at radius 1 is 1.30 bits per heavy atom. The summed E-state index contributed by atoms with van der Waals surface area (Å²) in [6, 6.07) is 7.20. The van der Waals surface area contributed by atoms with Crippen LogP contribution in [0, 0.1) is 6.92 Å². The number of amides is 1. The Kier molecular flexibility index (Phi) is 5.05. The molecule has 4 heterocycles. The molecule has 5 rings (SSSR count). The van der Waals surface area contributed by atoms with Crippen molar-refractivity contribution in [1.29, 1.82) is 0 Å². The van der Waals surface area contributed by atoms with E-state index in [1.807, 2.05) is 17.3 Å². The van der Waals surface area contributed by atoms with Crippen molar-refractivity contribution in [2.45, 2.75) is 38.8 Å². The topological polar surface area (TPSA) is 70.2 Å². The second-order valence-electron chi connectivity index (χ2n) is 8.44. The molecule has 1 saturated heterocycles. The van der Waals surface area contributed by atoms with E-state index in [1.54, 1.807) is 7.11 Å². The molecule has 0 radical (unpaired) electrons. The third-order valence-electron chi connectivity index (χ3n) is 6.50. The number of fused-ring (bicyclic) bond motifs is 2. The van der Waals surface area contributed by atoms with Crippen LogP contribution in [-0.2, 0) is 22.5 Å². The molecule has 6 heteroatoms. The van der Waals surface area contributed by atoms with Crippen molar-refractivity contribution in [1.82, 2.24) is 20.2 Å². The van der Waals surface area contributed by atoms with E-state index in [-0.39, 0.29) is 12.5 Å². The summed E-state index contributed by atoms with van der Waals surface area (Å²) in [7, 11) is 1.58. The zero-order valence-corrected chi connectivity index (χ0v) is 17.6. The van der Waals surface area contributed by atoms with Gasteiger partial charge in [0.15, 0.2) is 0 Å². The van der Waals surface area contributed by atoms with Gasteiger partial charge in [-0.2, -0.15) is 0 Å². The number of carbonyl (C=O) groups excluding carboxylic acids is 1. The highest BCUT2D eigenvalue weighted by Crippen LogP contribution is 2.36. The van der Waals surface area contributed by atoms with Crippen LogP contribution in [0.25, 0.3) is 22.2 Å².